The molecule has 3 rings (SSSR count). The number of hydrogen-bond donors (Lipinski definition) is 1. The van der Waals surface area contributed by atoms with Crippen molar-refractivity contribution in [1.82, 2.24) is 0 Å². The molecule has 1 atom stereocenters. The third-order valence-corrected chi connectivity index (χ3v) is 8.25. The third kappa shape index (κ3) is 8.59. The number of allylic oxidation sites excluding steroid dienone is 1. The number of phenols is 1. The fourth-order valence-electron chi connectivity index (χ4n) is 3.47. The first-order chi connectivity index (χ1) is 15.5. The van der Waals surface area contributed by atoms with E-state index >= 15 is 0 Å². The van der Waals surface area contributed by atoms with Crippen molar-refractivity contribution in [3.05, 3.63) is 64.7 Å². The van der Waals surface area contributed by atoms with E-state index in [4.69, 9.17) is 4.74 Å². The summed E-state index contributed by atoms with van der Waals surface area (Å²) in [5, 5.41) is 10.7. The molecule has 1 unspecified atom stereocenters. The Kier molecular flexibility index (Phi) is 11.8. The summed E-state index contributed by atoms with van der Waals surface area (Å²) in [6, 6.07) is 11.1. The van der Waals surface area contributed by atoms with Gasteiger partial charge in [-0.1, -0.05) is 54.4 Å². The van der Waals surface area contributed by atoms with Crippen molar-refractivity contribution in [3.8, 4) is 11.5 Å². The monoisotopic (exact) mass is 472 g/mol. The Morgan fingerprint density at radius 3 is 2.41 bits per heavy atom. The van der Waals surface area contributed by atoms with Gasteiger partial charge in [0.15, 0.2) is 5.78 Å². The summed E-state index contributed by atoms with van der Waals surface area (Å²) >= 11 is 0. The van der Waals surface area contributed by atoms with Crippen molar-refractivity contribution in [2.75, 3.05) is 12.4 Å². The number of benzene rings is 2. The van der Waals surface area contributed by atoms with Gasteiger partial charge in [0.1, 0.15) is 11.5 Å². The first kappa shape index (κ1) is 26.4. The van der Waals surface area contributed by atoms with Crippen LogP contribution >= 0.6 is 21.6 Å². The molecule has 1 aliphatic heterocycles. The van der Waals surface area contributed by atoms with E-state index in [-0.39, 0.29) is 5.78 Å². The number of phenolic OH excluding ortho intramolecular Hbond substituents is 1. The van der Waals surface area contributed by atoms with Crippen molar-refractivity contribution in [2.45, 2.75) is 65.0 Å². The normalized spacial score (nSPS) is 15.4. The van der Waals surface area contributed by atoms with Gasteiger partial charge in [0, 0.05) is 16.6 Å². The molecule has 0 aliphatic carbocycles. The minimum absolute atomic E-state index is 0.0483. The van der Waals surface area contributed by atoms with Gasteiger partial charge in [-0.25, -0.2) is 0 Å². The van der Waals surface area contributed by atoms with Crippen LogP contribution in [0.25, 0.3) is 6.08 Å². The summed E-state index contributed by atoms with van der Waals surface area (Å²) in [6.07, 6.45) is 9.60. The molecule has 32 heavy (non-hydrogen) atoms. The highest BCUT2D eigenvalue weighted by Crippen LogP contribution is 2.39. The van der Waals surface area contributed by atoms with E-state index in [9.17, 15) is 9.90 Å². The molecule has 1 aliphatic rings. The lowest BCUT2D eigenvalue weighted by molar-refractivity contribution is 0.104. The first-order valence-corrected chi connectivity index (χ1v) is 13.9. The van der Waals surface area contributed by atoms with Gasteiger partial charge in [-0.15, -0.1) is 0 Å². The van der Waals surface area contributed by atoms with Crippen LogP contribution in [0.3, 0.4) is 0 Å². The maximum absolute atomic E-state index is 12.4. The zero-order valence-corrected chi connectivity index (χ0v) is 21.4. The number of ether oxygens (including phenoxy) is 1. The minimum atomic E-state index is -0.0483. The molecule has 0 saturated carbocycles. The molecule has 0 bridgehead atoms. The van der Waals surface area contributed by atoms with Crippen LogP contribution in [0.1, 0.15) is 73.0 Å². The number of carbonyl (C=O) groups is 1. The summed E-state index contributed by atoms with van der Waals surface area (Å²) in [6.45, 7) is 8.43. The lowest BCUT2D eigenvalue weighted by atomic mass is 10.0. The molecule has 0 aromatic heterocycles. The zero-order valence-electron chi connectivity index (χ0n) is 19.7. The van der Waals surface area contributed by atoms with Gasteiger partial charge >= 0.3 is 0 Å². The molecule has 0 radical (unpaired) electrons. The Balaban J connectivity index is 0.00000176. The zero-order chi connectivity index (χ0) is 23.3. The number of ketones is 1. The van der Waals surface area contributed by atoms with Crippen LogP contribution in [-0.4, -0.2) is 28.5 Å². The molecule has 1 N–H and O–H groups in total. The number of aryl methyl sites for hydroxylation is 2. The lowest BCUT2D eigenvalue weighted by Gasteiger charge is -2.08. The topological polar surface area (TPSA) is 46.5 Å². The number of unbranched alkanes of at least 4 members (excludes halogenated alkanes) is 2. The Bertz CT molecular complexity index is 846. The maximum Gasteiger partial charge on any atom is 0.185 e. The second-order valence-corrected chi connectivity index (χ2v) is 10.5. The highest BCUT2D eigenvalue weighted by molar-refractivity contribution is 8.77. The lowest BCUT2D eigenvalue weighted by Crippen LogP contribution is -2.00. The van der Waals surface area contributed by atoms with Crippen LogP contribution in [0.2, 0.25) is 0 Å². The van der Waals surface area contributed by atoms with Crippen LogP contribution in [-0.2, 0) is 0 Å². The second kappa shape index (κ2) is 14.3. The molecule has 0 spiro atoms. The first-order valence-electron chi connectivity index (χ1n) is 11.6. The van der Waals surface area contributed by atoms with E-state index in [1.807, 2.05) is 74.9 Å². The number of rotatable bonds is 10. The van der Waals surface area contributed by atoms with Crippen LogP contribution in [0.4, 0.5) is 0 Å². The molecular formula is C27H36O3S2. The molecule has 5 heteroatoms. The van der Waals surface area contributed by atoms with E-state index in [1.54, 1.807) is 12.2 Å². The molecule has 2 aromatic carbocycles. The van der Waals surface area contributed by atoms with E-state index < -0.39 is 0 Å². The predicted octanol–water partition coefficient (Wildman–Crippen LogP) is 8.02. The fraction of sp³-hybridized carbons (Fsp3) is 0.444. The van der Waals surface area contributed by atoms with Crippen LogP contribution in [0.15, 0.2) is 42.5 Å². The van der Waals surface area contributed by atoms with Crippen LogP contribution in [0.5, 0.6) is 11.5 Å². The highest BCUT2D eigenvalue weighted by Gasteiger charge is 2.15. The average molecular weight is 473 g/mol. The Hall–Kier alpha value is -1.85. The predicted molar refractivity (Wildman–Crippen MR) is 141 cm³/mol. The summed E-state index contributed by atoms with van der Waals surface area (Å²) in [4.78, 5) is 12.4. The van der Waals surface area contributed by atoms with E-state index in [0.29, 0.717) is 11.3 Å². The number of hydrogen-bond acceptors (Lipinski definition) is 5. The van der Waals surface area contributed by atoms with Crippen molar-refractivity contribution in [3.63, 3.8) is 0 Å². The molecule has 1 fully saturated rings. The van der Waals surface area contributed by atoms with Gasteiger partial charge in [0.25, 0.3) is 0 Å². The van der Waals surface area contributed by atoms with Gasteiger partial charge in [-0.3, -0.25) is 4.79 Å². The highest BCUT2D eigenvalue weighted by atomic mass is 33.1. The van der Waals surface area contributed by atoms with Gasteiger partial charge in [0.2, 0.25) is 0 Å². The van der Waals surface area contributed by atoms with Crippen molar-refractivity contribution >= 4 is 33.4 Å². The summed E-state index contributed by atoms with van der Waals surface area (Å²) in [5.74, 6) is 2.38. The van der Waals surface area contributed by atoms with Gasteiger partial charge in [-0.2, -0.15) is 0 Å². The maximum atomic E-state index is 12.4. The minimum Gasteiger partial charge on any atom is -0.507 e. The smallest absolute Gasteiger partial charge is 0.185 e. The van der Waals surface area contributed by atoms with Crippen LogP contribution < -0.4 is 4.74 Å². The van der Waals surface area contributed by atoms with Crippen molar-refractivity contribution in [2.24, 2.45) is 0 Å². The molecule has 0 amide bonds. The van der Waals surface area contributed by atoms with Crippen LogP contribution in [0, 0.1) is 13.8 Å². The van der Waals surface area contributed by atoms with E-state index in [1.165, 1.54) is 31.4 Å². The van der Waals surface area contributed by atoms with E-state index in [0.717, 1.165) is 40.7 Å². The van der Waals surface area contributed by atoms with Crippen molar-refractivity contribution < 1.29 is 14.6 Å². The average Bonchev–Trinajstić information content (AvgIpc) is 3.33. The summed E-state index contributed by atoms with van der Waals surface area (Å²) in [7, 11) is 4.06. The molecule has 2 aromatic rings. The van der Waals surface area contributed by atoms with Gasteiger partial charge in [-0.05, 0) is 92.3 Å². The molecule has 1 heterocycles. The Morgan fingerprint density at radius 1 is 1.09 bits per heavy atom. The van der Waals surface area contributed by atoms with Crippen molar-refractivity contribution in [1.29, 1.82) is 0 Å². The molecule has 1 saturated heterocycles. The summed E-state index contributed by atoms with van der Waals surface area (Å²) < 4.78 is 5.82. The second-order valence-electron chi connectivity index (χ2n) is 7.75. The molecule has 3 nitrogen and oxygen atoms in total. The summed E-state index contributed by atoms with van der Waals surface area (Å²) in [5.41, 5.74) is 3.15. The molecular weight excluding hydrogens is 436 g/mol. The Labute approximate surface area is 201 Å². The number of carbonyl (C=O) groups excluding carboxylic acids is 1. The largest absolute Gasteiger partial charge is 0.507 e. The SMILES string of the molecule is CC.Cc1cc(/C=C/C(=O)c2ccc(OCCCCCC3CCSS3)cc2)cc(C)c1O. The number of aromatic hydroxyl groups is 1. The van der Waals surface area contributed by atoms with E-state index in [2.05, 4.69) is 10.8 Å². The van der Waals surface area contributed by atoms with Gasteiger partial charge < -0.3 is 9.84 Å². The third-order valence-electron chi connectivity index (χ3n) is 5.25. The molecule has 174 valence electrons. The standard InChI is InChI=1S/C25H30O3S2.C2H6/c1-18-16-20(17-19(2)25(18)27)7-12-24(26)21-8-10-22(11-9-21)28-14-5-3-4-6-23-13-15-29-30-23;1-2/h7-12,16-17,23,27H,3-6,13-15H2,1-2H3;1-2H3/b12-7+;. The quantitative estimate of drug-likeness (QED) is 0.164. The fourth-order valence-corrected chi connectivity index (χ4v) is 6.50. The Morgan fingerprint density at radius 2 is 1.78 bits per heavy atom. The van der Waals surface area contributed by atoms with Gasteiger partial charge in [0.05, 0.1) is 6.61 Å².